The van der Waals surface area contributed by atoms with Gasteiger partial charge in [0.2, 0.25) is 0 Å². The van der Waals surface area contributed by atoms with Gasteiger partial charge in [0, 0.05) is 4.90 Å². The van der Waals surface area contributed by atoms with Crippen molar-refractivity contribution in [1.29, 1.82) is 0 Å². The molecule has 1 rings (SSSR count). The summed E-state index contributed by atoms with van der Waals surface area (Å²) in [6, 6.07) is 5.14. The molecule has 0 bridgehead atoms. The summed E-state index contributed by atoms with van der Waals surface area (Å²) in [5, 5.41) is 9.20. The van der Waals surface area contributed by atoms with Crippen LogP contribution in [0.4, 0.5) is 0 Å². The van der Waals surface area contributed by atoms with Gasteiger partial charge in [0.15, 0.2) is 11.5 Å². The maximum absolute atomic E-state index is 9.20. The van der Waals surface area contributed by atoms with Gasteiger partial charge in [0.25, 0.3) is 0 Å². The smallest absolute Gasteiger partial charge is 0.171 e. The van der Waals surface area contributed by atoms with Crippen molar-refractivity contribution in [3.63, 3.8) is 0 Å². The number of thiol groups is 1. The largest absolute Gasteiger partial charge is 0.503 e. The number of hydrogen-bond donors (Lipinski definition) is 2. The van der Waals surface area contributed by atoms with Gasteiger partial charge in [-0.25, -0.2) is 0 Å². The zero-order valence-electron chi connectivity index (χ0n) is 5.53. The SMILES string of the molecule is COc1cccc(S)c1O. The summed E-state index contributed by atoms with van der Waals surface area (Å²) in [7, 11) is 1.50. The number of phenolic OH excluding ortho intramolecular Hbond substituents is 1. The lowest BCUT2D eigenvalue weighted by Crippen LogP contribution is -1.82. The van der Waals surface area contributed by atoms with E-state index in [0.717, 1.165) is 0 Å². The first-order chi connectivity index (χ1) is 4.75. The first-order valence-electron chi connectivity index (χ1n) is 2.80. The van der Waals surface area contributed by atoms with Crippen LogP contribution in [0.3, 0.4) is 0 Å². The van der Waals surface area contributed by atoms with E-state index in [1.807, 2.05) is 0 Å². The van der Waals surface area contributed by atoms with Crippen LogP contribution >= 0.6 is 12.6 Å². The van der Waals surface area contributed by atoms with E-state index in [0.29, 0.717) is 10.6 Å². The highest BCUT2D eigenvalue weighted by Gasteiger charge is 2.01. The molecular weight excluding hydrogens is 148 g/mol. The summed E-state index contributed by atoms with van der Waals surface area (Å²) in [5.41, 5.74) is 0. The molecule has 0 unspecified atom stereocenters. The summed E-state index contributed by atoms with van der Waals surface area (Å²) < 4.78 is 4.83. The molecule has 0 radical (unpaired) electrons. The Labute approximate surface area is 64.9 Å². The van der Waals surface area contributed by atoms with Crippen molar-refractivity contribution < 1.29 is 9.84 Å². The molecule has 0 amide bonds. The second-order valence-electron chi connectivity index (χ2n) is 1.83. The van der Waals surface area contributed by atoms with E-state index >= 15 is 0 Å². The highest BCUT2D eigenvalue weighted by Crippen LogP contribution is 2.31. The van der Waals surface area contributed by atoms with Crippen molar-refractivity contribution >= 4 is 12.6 Å². The van der Waals surface area contributed by atoms with E-state index < -0.39 is 0 Å². The number of rotatable bonds is 1. The second-order valence-corrected chi connectivity index (χ2v) is 2.31. The Morgan fingerprint density at radius 1 is 1.50 bits per heavy atom. The normalized spacial score (nSPS) is 9.40. The van der Waals surface area contributed by atoms with Gasteiger partial charge in [-0.2, -0.15) is 0 Å². The lowest BCUT2D eigenvalue weighted by atomic mass is 10.3. The molecule has 1 N–H and O–H groups in total. The Morgan fingerprint density at radius 2 is 2.20 bits per heavy atom. The summed E-state index contributed by atoms with van der Waals surface area (Å²) in [5.74, 6) is 0.542. The molecule has 0 saturated carbocycles. The third-order valence-corrected chi connectivity index (χ3v) is 1.56. The van der Waals surface area contributed by atoms with Crippen molar-refractivity contribution in [2.75, 3.05) is 7.11 Å². The van der Waals surface area contributed by atoms with Gasteiger partial charge in [-0.05, 0) is 12.1 Å². The maximum atomic E-state index is 9.20. The molecule has 0 spiro atoms. The molecule has 54 valence electrons. The van der Waals surface area contributed by atoms with Gasteiger partial charge < -0.3 is 9.84 Å². The van der Waals surface area contributed by atoms with Gasteiger partial charge >= 0.3 is 0 Å². The van der Waals surface area contributed by atoms with Crippen molar-refractivity contribution in [1.82, 2.24) is 0 Å². The molecule has 0 aliphatic rings. The highest BCUT2D eigenvalue weighted by molar-refractivity contribution is 7.80. The first kappa shape index (κ1) is 7.28. The van der Waals surface area contributed by atoms with E-state index in [-0.39, 0.29) is 5.75 Å². The number of aromatic hydroxyl groups is 1. The quantitative estimate of drug-likeness (QED) is 0.606. The highest BCUT2D eigenvalue weighted by atomic mass is 32.1. The van der Waals surface area contributed by atoms with E-state index in [4.69, 9.17) is 4.74 Å². The zero-order valence-corrected chi connectivity index (χ0v) is 6.43. The minimum atomic E-state index is 0.0910. The van der Waals surface area contributed by atoms with Crippen LogP contribution in [-0.4, -0.2) is 12.2 Å². The number of para-hydroxylation sites is 1. The predicted molar refractivity (Wildman–Crippen MR) is 41.9 cm³/mol. The van der Waals surface area contributed by atoms with Gasteiger partial charge in [0.05, 0.1) is 7.11 Å². The van der Waals surface area contributed by atoms with Gasteiger partial charge in [-0.1, -0.05) is 6.07 Å². The fourth-order valence-electron chi connectivity index (χ4n) is 0.675. The molecule has 0 fully saturated rings. The minimum absolute atomic E-state index is 0.0910. The Morgan fingerprint density at radius 3 is 2.70 bits per heavy atom. The molecule has 1 aromatic rings. The number of ether oxygens (including phenoxy) is 1. The number of phenols is 1. The van der Waals surface area contributed by atoms with Crippen LogP contribution in [0.5, 0.6) is 11.5 Å². The van der Waals surface area contributed by atoms with Crippen LogP contribution in [-0.2, 0) is 0 Å². The van der Waals surface area contributed by atoms with Crippen molar-refractivity contribution in [3.05, 3.63) is 18.2 Å². The topological polar surface area (TPSA) is 29.5 Å². The molecule has 0 atom stereocenters. The Kier molecular flexibility index (Phi) is 2.06. The third-order valence-electron chi connectivity index (χ3n) is 1.20. The molecule has 0 aromatic heterocycles. The monoisotopic (exact) mass is 156 g/mol. The lowest BCUT2D eigenvalue weighted by Gasteiger charge is -2.02. The summed E-state index contributed by atoms with van der Waals surface area (Å²) in [4.78, 5) is 0.527. The van der Waals surface area contributed by atoms with Crippen LogP contribution in [0.15, 0.2) is 23.1 Å². The Balaban J connectivity index is 3.14. The van der Waals surface area contributed by atoms with Gasteiger partial charge in [0.1, 0.15) is 0 Å². The van der Waals surface area contributed by atoms with Crippen molar-refractivity contribution in [3.8, 4) is 11.5 Å². The van der Waals surface area contributed by atoms with Crippen LogP contribution in [0.1, 0.15) is 0 Å². The molecule has 0 aliphatic heterocycles. The first-order valence-corrected chi connectivity index (χ1v) is 3.25. The summed E-state index contributed by atoms with van der Waals surface area (Å²) in [6.07, 6.45) is 0. The fraction of sp³-hybridized carbons (Fsp3) is 0.143. The average Bonchev–Trinajstić information content (AvgIpc) is 1.95. The standard InChI is InChI=1S/C7H8O2S/c1-9-5-3-2-4-6(10)7(5)8/h2-4,8,10H,1H3. The molecular formula is C7H8O2S. The zero-order chi connectivity index (χ0) is 7.56. The van der Waals surface area contributed by atoms with Gasteiger partial charge in [-0.15, -0.1) is 12.6 Å². The molecule has 0 aliphatic carbocycles. The third kappa shape index (κ3) is 1.19. The van der Waals surface area contributed by atoms with E-state index in [1.54, 1.807) is 18.2 Å². The van der Waals surface area contributed by atoms with Crippen LogP contribution < -0.4 is 4.74 Å². The van der Waals surface area contributed by atoms with E-state index in [2.05, 4.69) is 12.6 Å². The maximum Gasteiger partial charge on any atom is 0.171 e. The minimum Gasteiger partial charge on any atom is -0.503 e. The second kappa shape index (κ2) is 2.84. The molecule has 0 heterocycles. The van der Waals surface area contributed by atoms with Crippen LogP contribution in [0.25, 0.3) is 0 Å². The molecule has 2 nitrogen and oxygen atoms in total. The van der Waals surface area contributed by atoms with Crippen molar-refractivity contribution in [2.45, 2.75) is 4.90 Å². The molecule has 0 saturated heterocycles. The van der Waals surface area contributed by atoms with Crippen LogP contribution in [0, 0.1) is 0 Å². The van der Waals surface area contributed by atoms with Crippen LogP contribution in [0.2, 0.25) is 0 Å². The number of hydrogen-bond acceptors (Lipinski definition) is 3. The fourth-order valence-corrected chi connectivity index (χ4v) is 0.872. The van der Waals surface area contributed by atoms with E-state index in [1.165, 1.54) is 7.11 Å². The summed E-state index contributed by atoms with van der Waals surface area (Å²) in [6.45, 7) is 0. The average molecular weight is 156 g/mol. The molecule has 1 aromatic carbocycles. The number of methoxy groups -OCH3 is 1. The number of benzene rings is 1. The van der Waals surface area contributed by atoms with Gasteiger partial charge in [-0.3, -0.25) is 0 Å². The predicted octanol–water partition coefficient (Wildman–Crippen LogP) is 1.69. The Bertz CT molecular complexity index is 235. The van der Waals surface area contributed by atoms with E-state index in [9.17, 15) is 5.11 Å². The summed E-state index contributed by atoms with van der Waals surface area (Å²) >= 11 is 3.99. The molecule has 10 heavy (non-hydrogen) atoms. The Hall–Kier alpha value is -0.830. The molecule has 3 heteroatoms. The lowest BCUT2D eigenvalue weighted by molar-refractivity contribution is 0.367. The van der Waals surface area contributed by atoms with Crippen molar-refractivity contribution in [2.24, 2.45) is 0 Å².